The summed E-state index contributed by atoms with van der Waals surface area (Å²) in [4.78, 5) is 11.8. The minimum atomic E-state index is -0.240. The van der Waals surface area contributed by atoms with E-state index in [1.54, 1.807) is 11.6 Å². The van der Waals surface area contributed by atoms with E-state index in [0.717, 1.165) is 22.5 Å². The molecule has 140 valence electrons. The van der Waals surface area contributed by atoms with Crippen molar-refractivity contribution in [3.63, 3.8) is 0 Å². The summed E-state index contributed by atoms with van der Waals surface area (Å²) in [5.74, 6) is -0.240. The van der Waals surface area contributed by atoms with Crippen LogP contribution in [-0.2, 0) is 16.1 Å². The van der Waals surface area contributed by atoms with Gasteiger partial charge in [0.05, 0.1) is 30.3 Å². The highest BCUT2D eigenvalue weighted by Crippen LogP contribution is 2.36. The Labute approximate surface area is 164 Å². The highest BCUT2D eigenvalue weighted by molar-refractivity contribution is 6.35. The van der Waals surface area contributed by atoms with Crippen molar-refractivity contribution in [2.45, 2.75) is 33.7 Å². The van der Waals surface area contributed by atoms with Crippen LogP contribution in [0.25, 0.3) is 22.5 Å². The Balaban J connectivity index is 2.03. The lowest BCUT2D eigenvalue weighted by Crippen LogP contribution is -2.10. The van der Waals surface area contributed by atoms with E-state index in [0.29, 0.717) is 18.2 Å². The molecule has 1 aromatic heterocycles. The molecular weight excluding hydrogens is 360 g/mol. The number of carbonyl (C=O) groups excluding carboxylic acids is 1. The van der Waals surface area contributed by atoms with Crippen LogP contribution in [0.5, 0.6) is 0 Å². The van der Waals surface area contributed by atoms with Gasteiger partial charge in [0.2, 0.25) is 0 Å². The van der Waals surface area contributed by atoms with E-state index in [-0.39, 0.29) is 12.4 Å². The lowest BCUT2D eigenvalue weighted by molar-refractivity contribution is -0.143. The average Bonchev–Trinajstić information content (AvgIpc) is 2.98. The summed E-state index contributed by atoms with van der Waals surface area (Å²) in [6, 6.07) is 16.2. The minimum absolute atomic E-state index is 0.240. The summed E-state index contributed by atoms with van der Waals surface area (Å²) >= 11 is 6.76. The minimum Gasteiger partial charge on any atom is -0.466 e. The molecule has 4 nitrogen and oxygen atoms in total. The maximum Gasteiger partial charge on any atom is 0.307 e. The molecule has 0 aliphatic carbocycles. The molecule has 0 bridgehead atoms. The molecule has 0 aliphatic heterocycles. The Morgan fingerprint density at radius 2 is 1.56 bits per heavy atom. The van der Waals surface area contributed by atoms with Gasteiger partial charge in [-0.3, -0.25) is 9.48 Å². The van der Waals surface area contributed by atoms with Gasteiger partial charge in [-0.15, -0.1) is 0 Å². The Hall–Kier alpha value is -2.59. The summed E-state index contributed by atoms with van der Waals surface area (Å²) < 4.78 is 6.85. The summed E-state index contributed by atoms with van der Waals surface area (Å²) in [5.41, 5.74) is 5.81. The number of aromatic nitrogens is 2. The number of esters is 1. The summed E-state index contributed by atoms with van der Waals surface area (Å²) in [6.07, 6.45) is 0.248. The second-order valence-corrected chi connectivity index (χ2v) is 6.90. The topological polar surface area (TPSA) is 44.1 Å². The molecule has 1 heterocycles. The number of hydrogen-bond donors (Lipinski definition) is 0. The second-order valence-electron chi connectivity index (χ2n) is 6.52. The zero-order valence-electron chi connectivity index (χ0n) is 15.8. The molecule has 0 aliphatic rings. The van der Waals surface area contributed by atoms with Gasteiger partial charge in [0, 0.05) is 11.1 Å². The van der Waals surface area contributed by atoms with Crippen LogP contribution >= 0.6 is 11.6 Å². The van der Waals surface area contributed by atoms with E-state index >= 15 is 0 Å². The number of benzene rings is 2. The third kappa shape index (κ3) is 4.40. The van der Waals surface area contributed by atoms with E-state index in [1.165, 1.54) is 11.1 Å². The summed E-state index contributed by atoms with van der Waals surface area (Å²) in [5, 5.41) is 5.31. The van der Waals surface area contributed by atoms with Crippen molar-refractivity contribution in [3.05, 3.63) is 64.7 Å². The molecule has 0 radical (unpaired) electrons. The molecule has 0 unspecified atom stereocenters. The van der Waals surface area contributed by atoms with Crippen molar-refractivity contribution in [1.29, 1.82) is 0 Å². The Kier molecular flexibility index (Phi) is 5.97. The predicted octanol–water partition coefficient (Wildman–Crippen LogP) is 5.44. The third-order valence-corrected chi connectivity index (χ3v) is 4.74. The number of nitrogens with zero attached hydrogens (tertiary/aromatic N) is 2. The van der Waals surface area contributed by atoms with Gasteiger partial charge in [-0.1, -0.05) is 71.3 Å². The van der Waals surface area contributed by atoms with Gasteiger partial charge in [0.15, 0.2) is 0 Å². The molecule has 0 saturated carbocycles. The Morgan fingerprint density at radius 1 is 1.00 bits per heavy atom. The van der Waals surface area contributed by atoms with Crippen LogP contribution in [0.3, 0.4) is 0 Å². The SMILES string of the molecule is CCOC(=O)CCn1nc(-c2ccc(C)cc2)c(Cl)c1-c1ccc(C)cc1. The summed E-state index contributed by atoms with van der Waals surface area (Å²) in [6.45, 7) is 6.67. The molecule has 27 heavy (non-hydrogen) atoms. The van der Waals surface area contributed by atoms with Crippen molar-refractivity contribution in [3.8, 4) is 22.5 Å². The van der Waals surface area contributed by atoms with E-state index in [2.05, 4.69) is 0 Å². The Bertz CT molecular complexity index is 928. The monoisotopic (exact) mass is 382 g/mol. The maximum atomic E-state index is 11.8. The number of rotatable bonds is 6. The smallest absolute Gasteiger partial charge is 0.307 e. The molecule has 0 saturated heterocycles. The predicted molar refractivity (Wildman–Crippen MR) is 109 cm³/mol. The van der Waals surface area contributed by atoms with Crippen LogP contribution < -0.4 is 0 Å². The number of aryl methyl sites for hydroxylation is 3. The van der Waals surface area contributed by atoms with Gasteiger partial charge >= 0.3 is 5.97 Å². The Morgan fingerprint density at radius 3 is 2.11 bits per heavy atom. The summed E-state index contributed by atoms with van der Waals surface area (Å²) in [7, 11) is 0. The van der Waals surface area contributed by atoms with E-state index in [1.807, 2.05) is 62.4 Å². The molecule has 3 aromatic rings. The zero-order valence-corrected chi connectivity index (χ0v) is 16.6. The highest BCUT2D eigenvalue weighted by Gasteiger charge is 2.20. The fraction of sp³-hybridized carbons (Fsp3) is 0.273. The molecule has 0 N–H and O–H groups in total. The fourth-order valence-electron chi connectivity index (χ4n) is 2.92. The largest absolute Gasteiger partial charge is 0.466 e. The van der Waals surface area contributed by atoms with Crippen LogP contribution in [0.1, 0.15) is 24.5 Å². The van der Waals surface area contributed by atoms with Crippen molar-refractivity contribution < 1.29 is 9.53 Å². The van der Waals surface area contributed by atoms with Crippen molar-refractivity contribution in [2.24, 2.45) is 0 Å². The fourth-order valence-corrected chi connectivity index (χ4v) is 3.27. The lowest BCUT2D eigenvalue weighted by atomic mass is 10.1. The molecular formula is C22H23ClN2O2. The van der Waals surface area contributed by atoms with Crippen molar-refractivity contribution >= 4 is 17.6 Å². The average molecular weight is 383 g/mol. The first-order chi connectivity index (χ1) is 13.0. The van der Waals surface area contributed by atoms with Crippen LogP contribution in [0.15, 0.2) is 48.5 Å². The maximum absolute atomic E-state index is 11.8. The van der Waals surface area contributed by atoms with Gasteiger partial charge in [-0.25, -0.2) is 0 Å². The standard InChI is InChI=1S/C22H23ClN2O2/c1-4-27-19(26)13-14-25-22(18-11-7-16(3)8-12-18)20(23)21(24-25)17-9-5-15(2)6-10-17/h5-12H,4,13-14H2,1-3H3. The second kappa shape index (κ2) is 8.40. The first-order valence-electron chi connectivity index (χ1n) is 9.05. The van der Waals surface area contributed by atoms with Gasteiger partial charge in [0.25, 0.3) is 0 Å². The molecule has 2 aromatic carbocycles. The normalized spacial score (nSPS) is 10.8. The first-order valence-corrected chi connectivity index (χ1v) is 9.43. The van der Waals surface area contributed by atoms with Gasteiger partial charge in [-0.05, 0) is 20.8 Å². The molecule has 3 rings (SSSR count). The molecule has 0 atom stereocenters. The van der Waals surface area contributed by atoms with Crippen LogP contribution in [-0.4, -0.2) is 22.4 Å². The molecule has 0 spiro atoms. The first kappa shape index (κ1) is 19.2. The number of ether oxygens (including phenoxy) is 1. The quantitative estimate of drug-likeness (QED) is 0.533. The van der Waals surface area contributed by atoms with Crippen LogP contribution in [0, 0.1) is 13.8 Å². The van der Waals surface area contributed by atoms with Crippen molar-refractivity contribution in [2.75, 3.05) is 6.61 Å². The van der Waals surface area contributed by atoms with E-state index in [4.69, 9.17) is 21.4 Å². The number of halogens is 1. The van der Waals surface area contributed by atoms with E-state index in [9.17, 15) is 4.79 Å². The van der Waals surface area contributed by atoms with Crippen molar-refractivity contribution in [1.82, 2.24) is 9.78 Å². The zero-order chi connectivity index (χ0) is 19.4. The van der Waals surface area contributed by atoms with Crippen LogP contribution in [0.4, 0.5) is 0 Å². The van der Waals surface area contributed by atoms with E-state index < -0.39 is 0 Å². The molecule has 0 fully saturated rings. The number of hydrogen-bond acceptors (Lipinski definition) is 3. The van der Waals surface area contributed by atoms with Gasteiger partial charge < -0.3 is 4.74 Å². The molecule has 5 heteroatoms. The number of carbonyl (C=O) groups is 1. The third-order valence-electron chi connectivity index (χ3n) is 4.38. The highest BCUT2D eigenvalue weighted by atomic mass is 35.5. The van der Waals surface area contributed by atoms with Gasteiger partial charge in [-0.2, -0.15) is 5.10 Å². The lowest BCUT2D eigenvalue weighted by Gasteiger charge is -2.08. The van der Waals surface area contributed by atoms with Gasteiger partial charge in [0.1, 0.15) is 5.69 Å². The van der Waals surface area contributed by atoms with Crippen LogP contribution in [0.2, 0.25) is 5.02 Å². The molecule has 0 amide bonds.